The van der Waals surface area contributed by atoms with Gasteiger partial charge in [0.05, 0.1) is 6.61 Å². The number of hydrogen-bond donors (Lipinski definition) is 2. The maximum absolute atomic E-state index is 12.1. The van der Waals surface area contributed by atoms with Gasteiger partial charge >= 0.3 is 5.97 Å². The molecule has 1 heterocycles. The first-order valence-corrected chi connectivity index (χ1v) is 6.27. The molecule has 5 nitrogen and oxygen atoms in total. The van der Waals surface area contributed by atoms with Gasteiger partial charge in [0.25, 0.3) is 0 Å². The Morgan fingerprint density at radius 1 is 1.29 bits per heavy atom. The highest BCUT2D eigenvalue weighted by molar-refractivity contribution is 5.90. The van der Waals surface area contributed by atoms with Gasteiger partial charge in [-0.3, -0.25) is 4.79 Å². The van der Waals surface area contributed by atoms with Crippen LogP contribution in [0.4, 0.5) is 0 Å². The Morgan fingerprint density at radius 2 is 2.00 bits per heavy atom. The lowest BCUT2D eigenvalue weighted by atomic mass is 9.98. The number of rotatable bonds is 3. The Bertz CT molecular complexity index is 352. The lowest BCUT2D eigenvalue weighted by Gasteiger charge is -2.24. The lowest BCUT2D eigenvalue weighted by Crippen LogP contribution is -2.55. The van der Waals surface area contributed by atoms with Gasteiger partial charge in [-0.05, 0) is 24.7 Å². The van der Waals surface area contributed by atoms with E-state index in [0.29, 0.717) is 24.9 Å². The highest BCUT2D eigenvalue weighted by atomic mass is 16.5. The van der Waals surface area contributed by atoms with Crippen LogP contribution in [0.25, 0.3) is 0 Å². The van der Waals surface area contributed by atoms with Crippen LogP contribution in [0.3, 0.4) is 0 Å². The Balaban J connectivity index is 1.66. The molecule has 3 fully saturated rings. The van der Waals surface area contributed by atoms with E-state index in [-0.39, 0.29) is 18.4 Å². The first kappa shape index (κ1) is 11.0. The van der Waals surface area contributed by atoms with Crippen molar-refractivity contribution >= 4 is 11.9 Å². The largest absolute Gasteiger partial charge is 0.479 e. The number of nitrogens with one attached hydrogen (secondary N) is 1. The Morgan fingerprint density at radius 3 is 2.53 bits per heavy atom. The molecular weight excluding hydrogens is 222 g/mol. The fourth-order valence-corrected chi connectivity index (χ4v) is 3.42. The van der Waals surface area contributed by atoms with E-state index in [4.69, 9.17) is 4.74 Å². The van der Waals surface area contributed by atoms with Crippen molar-refractivity contribution in [1.82, 2.24) is 5.32 Å². The number of carboxylic acids is 1. The molecule has 17 heavy (non-hydrogen) atoms. The highest BCUT2D eigenvalue weighted by Crippen LogP contribution is 2.57. The normalized spacial score (nSPS) is 43.2. The van der Waals surface area contributed by atoms with Crippen LogP contribution in [0, 0.1) is 17.8 Å². The summed E-state index contributed by atoms with van der Waals surface area (Å²) in [6, 6.07) is 0. The summed E-state index contributed by atoms with van der Waals surface area (Å²) >= 11 is 0. The van der Waals surface area contributed by atoms with Crippen LogP contribution in [-0.2, 0) is 14.3 Å². The van der Waals surface area contributed by atoms with Crippen LogP contribution in [0.15, 0.2) is 0 Å². The van der Waals surface area contributed by atoms with Crippen molar-refractivity contribution in [1.29, 1.82) is 0 Å². The van der Waals surface area contributed by atoms with Crippen molar-refractivity contribution in [2.45, 2.75) is 31.2 Å². The number of hydrogen-bond acceptors (Lipinski definition) is 3. The molecule has 1 aliphatic heterocycles. The number of carboxylic acid groups (broad SMARTS) is 1. The van der Waals surface area contributed by atoms with E-state index in [0.717, 1.165) is 12.8 Å². The standard InChI is InChI=1S/C12H17NO4/c14-10(9-7-2-1-3-8(7)9)13-12(11(15)16)4-5-17-6-12/h7-9H,1-6H2,(H,13,14)(H,15,16). The summed E-state index contributed by atoms with van der Waals surface area (Å²) in [7, 11) is 0. The van der Waals surface area contributed by atoms with Gasteiger partial charge in [0.2, 0.25) is 5.91 Å². The predicted octanol–water partition coefficient (Wildman–Crippen LogP) is 0.392. The van der Waals surface area contributed by atoms with Crippen LogP contribution in [0.5, 0.6) is 0 Å². The fraction of sp³-hybridized carbons (Fsp3) is 0.833. The van der Waals surface area contributed by atoms with Gasteiger partial charge in [0, 0.05) is 18.9 Å². The molecule has 3 atom stereocenters. The van der Waals surface area contributed by atoms with Gasteiger partial charge < -0.3 is 15.2 Å². The van der Waals surface area contributed by atoms with E-state index in [9.17, 15) is 14.7 Å². The molecule has 1 amide bonds. The van der Waals surface area contributed by atoms with Crippen LogP contribution >= 0.6 is 0 Å². The van der Waals surface area contributed by atoms with Crippen molar-refractivity contribution in [3.8, 4) is 0 Å². The average molecular weight is 239 g/mol. The SMILES string of the molecule is O=C(NC1(C(=O)O)CCOC1)C1C2CCCC21. The molecule has 94 valence electrons. The molecule has 0 aromatic heterocycles. The molecule has 2 saturated carbocycles. The van der Waals surface area contributed by atoms with Crippen molar-refractivity contribution in [3.63, 3.8) is 0 Å². The number of fused-ring (bicyclic) bond motifs is 1. The minimum Gasteiger partial charge on any atom is -0.479 e. The van der Waals surface area contributed by atoms with E-state index in [1.165, 1.54) is 6.42 Å². The van der Waals surface area contributed by atoms with E-state index in [1.807, 2.05) is 0 Å². The summed E-state index contributed by atoms with van der Waals surface area (Å²) in [5.74, 6) is 0.0497. The van der Waals surface area contributed by atoms with E-state index < -0.39 is 11.5 Å². The molecule has 2 aliphatic carbocycles. The van der Waals surface area contributed by atoms with Crippen LogP contribution in [0.2, 0.25) is 0 Å². The van der Waals surface area contributed by atoms with Gasteiger partial charge in [0.1, 0.15) is 0 Å². The Hall–Kier alpha value is -1.10. The van der Waals surface area contributed by atoms with Crippen LogP contribution < -0.4 is 5.32 Å². The van der Waals surface area contributed by atoms with E-state index in [2.05, 4.69) is 5.32 Å². The summed E-state index contributed by atoms with van der Waals surface area (Å²) in [5, 5.41) is 11.9. The molecule has 1 saturated heterocycles. The third-order valence-electron chi connectivity index (χ3n) is 4.50. The third kappa shape index (κ3) is 1.64. The highest BCUT2D eigenvalue weighted by Gasteiger charge is 2.58. The maximum Gasteiger partial charge on any atom is 0.331 e. The number of carbonyl (C=O) groups excluding carboxylic acids is 1. The maximum atomic E-state index is 12.1. The topological polar surface area (TPSA) is 75.6 Å². The predicted molar refractivity (Wildman–Crippen MR) is 58.3 cm³/mol. The summed E-state index contributed by atoms with van der Waals surface area (Å²) in [5.41, 5.74) is -1.17. The molecule has 0 spiro atoms. The van der Waals surface area contributed by atoms with Crippen molar-refractivity contribution < 1.29 is 19.4 Å². The second-order valence-corrected chi connectivity index (χ2v) is 5.46. The fourth-order valence-electron chi connectivity index (χ4n) is 3.42. The van der Waals surface area contributed by atoms with Crippen molar-refractivity contribution in [3.05, 3.63) is 0 Å². The Kier molecular flexibility index (Phi) is 2.40. The summed E-state index contributed by atoms with van der Waals surface area (Å²) < 4.78 is 5.12. The second-order valence-electron chi connectivity index (χ2n) is 5.46. The molecule has 0 aromatic carbocycles. The summed E-state index contributed by atoms with van der Waals surface area (Å²) in [4.78, 5) is 23.3. The lowest BCUT2D eigenvalue weighted by molar-refractivity contribution is -0.148. The van der Waals surface area contributed by atoms with Gasteiger partial charge in [-0.15, -0.1) is 0 Å². The molecular formula is C12H17NO4. The van der Waals surface area contributed by atoms with Gasteiger partial charge in [0.15, 0.2) is 5.54 Å². The number of aliphatic carboxylic acids is 1. The second kappa shape index (κ2) is 3.70. The number of ether oxygens (including phenoxy) is 1. The molecule has 3 rings (SSSR count). The number of amides is 1. The quantitative estimate of drug-likeness (QED) is 0.747. The van der Waals surface area contributed by atoms with Gasteiger partial charge in [-0.1, -0.05) is 6.42 Å². The third-order valence-corrected chi connectivity index (χ3v) is 4.50. The summed E-state index contributed by atoms with van der Waals surface area (Å²) in [6.07, 6.45) is 3.83. The van der Waals surface area contributed by atoms with Crippen LogP contribution in [0.1, 0.15) is 25.7 Å². The minimum absolute atomic E-state index is 0.0700. The first-order valence-electron chi connectivity index (χ1n) is 6.27. The molecule has 0 bridgehead atoms. The first-order chi connectivity index (χ1) is 8.14. The van der Waals surface area contributed by atoms with Crippen LogP contribution in [-0.4, -0.2) is 35.7 Å². The van der Waals surface area contributed by atoms with Gasteiger partial charge in [-0.25, -0.2) is 4.79 Å². The van der Waals surface area contributed by atoms with E-state index >= 15 is 0 Å². The number of carbonyl (C=O) groups is 2. The summed E-state index contributed by atoms with van der Waals surface area (Å²) in [6.45, 7) is 0.500. The van der Waals surface area contributed by atoms with Crippen molar-refractivity contribution in [2.24, 2.45) is 17.8 Å². The minimum atomic E-state index is -1.17. The molecule has 0 radical (unpaired) electrons. The zero-order valence-corrected chi connectivity index (χ0v) is 9.65. The monoisotopic (exact) mass is 239 g/mol. The van der Waals surface area contributed by atoms with E-state index in [1.54, 1.807) is 0 Å². The zero-order chi connectivity index (χ0) is 12.0. The molecule has 3 unspecified atom stereocenters. The van der Waals surface area contributed by atoms with Gasteiger partial charge in [-0.2, -0.15) is 0 Å². The zero-order valence-electron chi connectivity index (χ0n) is 9.65. The molecule has 3 aliphatic rings. The molecule has 5 heteroatoms. The smallest absolute Gasteiger partial charge is 0.331 e. The molecule has 0 aromatic rings. The Labute approximate surface area is 99.5 Å². The average Bonchev–Trinajstić information content (AvgIpc) is 2.73. The molecule has 2 N–H and O–H groups in total. The van der Waals surface area contributed by atoms with Crippen molar-refractivity contribution in [2.75, 3.05) is 13.2 Å².